The monoisotopic (exact) mass is 499 g/mol. The largest absolute Gasteiger partial charge is 0.311 e. The fourth-order valence-electron chi connectivity index (χ4n) is 4.37. The Labute approximate surface area is 229 Å². The normalized spacial score (nSPS) is 10.8. The summed E-state index contributed by atoms with van der Waals surface area (Å²) < 4.78 is 0. The highest BCUT2D eigenvalue weighted by Gasteiger charge is 2.11. The molecule has 0 radical (unpaired) electrons. The summed E-state index contributed by atoms with van der Waals surface area (Å²) in [6, 6.07) is 46.8. The molecule has 39 heavy (non-hydrogen) atoms. The highest BCUT2D eigenvalue weighted by atomic mass is 15.1. The van der Waals surface area contributed by atoms with E-state index >= 15 is 0 Å². The molecule has 0 N–H and O–H groups in total. The van der Waals surface area contributed by atoms with Crippen molar-refractivity contribution < 1.29 is 0 Å². The molecule has 0 aromatic heterocycles. The number of hydrogen-bond acceptors (Lipinski definition) is 3. The van der Waals surface area contributed by atoms with Crippen LogP contribution in [0.4, 0.5) is 17.1 Å². The zero-order chi connectivity index (χ0) is 26.9. The van der Waals surface area contributed by atoms with Crippen molar-refractivity contribution in [1.82, 2.24) is 0 Å². The highest BCUT2D eigenvalue weighted by Crippen LogP contribution is 2.34. The number of anilines is 3. The highest BCUT2D eigenvalue weighted by molar-refractivity contribution is 5.80. The quantitative estimate of drug-likeness (QED) is 0.210. The van der Waals surface area contributed by atoms with Gasteiger partial charge in [-0.15, -0.1) is 0 Å². The predicted octanol–water partition coefficient (Wildman–Crippen LogP) is 9.24. The molecule has 0 aliphatic rings. The van der Waals surface area contributed by atoms with Gasteiger partial charge in [0.1, 0.15) is 0 Å². The van der Waals surface area contributed by atoms with Crippen molar-refractivity contribution in [1.29, 1.82) is 10.5 Å². The number of nitriles is 2. The van der Waals surface area contributed by atoms with Crippen LogP contribution in [-0.2, 0) is 0 Å². The second-order valence-corrected chi connectivity index (χ2v) is 8.93. The Kier molecular flexibility index (Phi) is 7.74. The third kappa shape index (κ3) is 6.03. The van der Waals surface area contributed by atoms with Crippen molar-refractivity contribution in [2.75, 3.05) is 4.90 Å². The molecule has 0 aliphatic heterocycles. The maximum absolute atomic E-state index is 9.81. The van der Waals surface area contributed by atoms with Crippen LogP contribution < -0.4 is 4.90 Å². The van der Waals surface area contributed by atoms with E-state index in [1.807, 2.05) is 91.0 Å². The summed E-state index contributed by atoms with van der Waals surface area (Å²) in [5.41, 5.74) is 7.72. The van der Waals surface area contributed by atoms with Gasteiger partial charge in [0, 0.05) is 17.1 Å². The van der Waals surface area contributed by atoms with Gasteiger partial charge in [-0.3, -0.25) is 0 Å². The van der Waals surface area contributed by atoms with Crippen LogP contribution in [0.3, 0.4) is 0 Å². The number of benzene rings is 5. The van der Waals surface area contributed by atoms with E-state index in [0.717, 1.165) is 33.8 Å². The molecule has 0 fully saturated rings. The number of rotatable bonds is 7. The van der Waals surface area contributed by atoms with E-state index in [0.29, 0.717) is 16.7 Å². The first kappa shape index (κ1) is 25.0. The molecule has 0 amide bonds. The molecule has 0 heterocycles. The molecule has 184 valence electrons. The molecule has 3 nitrogen and oxygen atoms in total. The minimum Gasteiger partial charge on any atom is -0.311 e. The van der Waals surface area contributed by atoms with Crippen molar-refractivity contribution in [2.45, 2.75) is 0 Å². The molecular weight excluding hydrogens is 474 g/mol. The minimum absolute atomic E-state index is 0.522. The van der Waals surface area contributed by atoms with Gasteiger partial charge in [0.2, 0.25) is 0 Å². The van der Waals surface area contributed by atoms with E-state index in [4.69, 9.17) is 0 Å². The Bertz CT molecular complexity index is 1650. The van der Waals surface area contributed by atoms with Gasteiger partial charge in [0.15, 0.2) is 0 Å². The average Bonchev–Trinajstić information content (AvgIpc) is 3.01. The summed E-state index contributed by atoms with van der Waals surface area (Å²) in [5, 5.41) is 19.6. The van der Waals surface area contributed by atoms with Crippen LogP contribution in [0.15, 0.2) is 127 Å². The molecule has 5 rings (SSSR count). The first-order valence-corrected chi connectivity index (χ1v) is 12.6. The molecular formula is C36H25N3. The van der Waals surface area contributed by atoms with Crippen molar-refractivity contribution >= 4 is 41.4 Å². The molecule has 0 saturated carbocycles. The maximum atomic E-state index is 9.81. The SMILES string of the molecule is N#Cc1cc(/C=C\c2ccc(N(c3ccccc3)c3ccccc3)cc2)c(C#N)cc1/C=C\c1ccccc1. The summed E-state index contributed by atoms with van der Waals surface area (Å²) in [7, 11) is 0. The minimum atomic E-state index is 0.522. The molecule has 0 bridgehead atoms. The number of hydrogen-bond donors (Lipinski definition) is 0. The van der Waals surface area contributed by atoms with E-state index in [9.17, 15) is 10.5 Å². The molecule has 0 unspecified atom stereocenters. The van der Waals surface area contributed by atoms with Crippen molar-refractivity contribution in [2.24, 2.45) is 0 Å². The van der Waals surface area contributed by atoms with Gasteiger partial charge in [-0.1, -0.05) is 103 Å². The lowest BCUT2D eigenvalue weighted by Crippen LogP contribution is -2.09. The van der Waals surface area contributed by atoms with E-state index < -0.39 is 0 Å². The Morgan fingerprint density at radius 3 is 1.26 bits per heavy atom. The molecule has 0 atom stereocenters. The first-order valence-electron chi connectivity index (χ1n) is 12.6. The van der Waals surface area contributed by atoms with Gasteiger partial charge >= 0.3 is 0 Å². The molecule has 0 aliphatic carbocycles. The van der Waals surface area contributed by atoms with Gasteiger partial charge in [-0.05, 0) is 70.8 Å². The first-order chi connectivity index (χ1) is 19.2. The molecule has 0 spiro atoms. The van der Waals surface area contributed by atoms with Crippen LogP contribution in [0, 0.1) is 22.7 Å². The zero-order valence-corrected chi connectivity index (χ0v) is 21.3. The number of nitrogens with zero attached hydrogens (tertiary/aromatic N) is 3. The van der Waals surface area contributed by atoms with E-state index in [1.165, 1.54) is 0 Å². The van der Waals surface area contributed by atoms with E-state index in [2.05, 4.69) is 65.6 Å². The third-order valence-electron chi connectivity index (χ3n) is 6.35. The standard InChI is InChI=1S/C36H25N3/c37-26-32-25-31(33(27-38)24-30(32)20-16-28-10-4-1-5-11-28)21-17-29-18-22-36(23-19-29)39(34-12-6-2-7-13-34)35-14-8-3-9-15-35/h1-25H/b20-16-,21-17-. The van der Waals surface area contributed by atoms with Crippen molar-refractivity contribution in [3.8, 4) is 12.1 Å². The van der Waals surface area contributed by atoms with Gasteiger partial charge in [0.25, 0.3) is 0 Å². The van der Waals surface area contributed by atoms with Crippen LogP contribution >= 0.6 is 0 Å². The van der Waals surface area contributed by atoms with Gasteiger partial charge in [-0.25, -0.2) is 0 Å². The number of para-hydroxylation sites is 2. The zero-order valence-electron chi connectivity index (χ0n) is 21.3. The van der Waals surface area contributed by atoms with Gasteiger partial charge < -0.3 is 4.90 Å². The Morgan fingerprint density at radius 2 is 0.821 bits per heavy atom. The van der Waals surface area contributed by atoms with Crippen LogP contribution in [0.25, 0.3) is 24.3 Å². The fourth-order valence-corrected chi connectivity index (χ4v) is 4.37. The summed E-state index contributed by atoms with van der Waals surface area (Å²) in [4.78, 5) is 2.21. The Hall–Kier alpha value is -5.64. The smallest absolute Gasteiger partial charge is 0.0998 e. The van der Waals surface area contributed by atoms with Gasteiger partial charge in [-0.2, -0.15) is 10.5 Å². The summed E-state index contributed by atoms with van der Waals surface area (Å²) in [6.45, 7) is 0. The van der Waals surface area contributed by atoms with Gasteiger partial charge in [0.05, 0.1) is 23.3 Å². The van der Waals surface area contributed by atoms with Crippen molar-refractivity contribution in [3.05, 3.63) is 161 Å². The van der Waals surface area contributed by atoms with E-state index in [-0.39, 0.29) is 0 Å². The molecule has 3 heteroatoms. The Balaban J connectivity index is 1.42. The average molecular weight is 500 g/mol. The van der Waals surface area contributed by atoms with Crippen LogP contribution in [0.2, 0.25) is 0 Å². The maximum Gasteiger partial charge on any atom is 0.0998 e. The summed E-state index contributed by atoms with van der Waals surface area (Å²) in [5.74, 6) is 0. The predicted molar refractivity (Wildman–Crippen MR) is 161 cm³/mol. The van der Waals surface area contributed by atoms with Crippen LogP contribution in [0.1, 0.15) is 33.4 Å². The summed E-state index contributed by atoms with van der Waals surface area (Å²) >= 11 is 0. The second-order valence-electron chi connectivity index (χ2n) is 8.93. The third-order valence-corrected chi connectivity index (χ3v) is 6.35. The molecule has 5 aromatic rings. The lowest BCUT2D eigenvalue weighted by atomic mass is 9.97. The van der Waals surface area contributed by atoms with Crippen LogP contribution in [-0.4, -0.2) is 0 Å². The Morgan fingerprint density at radius 1 is 0.436 bits per heavy atom. The van der Waals surface area contributed by atoms with E-state index in [1.54, 1.807) is 12.1 Å². The lowest BCUT2D eigenvalue weighted by molar-refractivity contribution is 1.28. The van der Waals surface area contributed by atoms with Crippen molar-refractivity contribution in [3.63, 3.8) is 0 Å². The molecule has 0 saturated heterocycles. The second kappa shape index (κ2) is 12.1. The molecule has 5 aromatic carbocycles. The fraction of sp³-hybridized carbons (Fsp3) is 0. The van der Waals surface area contributed by atoms with Crippen LogP contribution in [0.5, 0.6) is 0 Å². The topological polar surface area (TPSA) is 50.8 Å². The lowest BCUT2D eigenvalue weighted by Gasteiger charge is -2.25. The summed E-state index contributed by atoms with van der Waals surface area (Å²) in [6.07, 6.45) is 7.69.